The highest BCUT2D eigenvalue weighted by molar-refractivity contribution is 6.22. The molecule has 0 saturated heterocycles. The van der Waals surface area contributed by atoms with Gasteiger partial charge in [-0.2, -0.15) is 0 Å². The van der Waals surface area contributed by atoms with Gasteiger partial charge in [0.15, 0.2) is 0 Å². The summed E-state index contributed by atoms with van der Waals surface area (Å²) in [5, 5.41) is 7.56. The van der Waals surface area contributed by atoms with Gasteiger partial charge in [-0.1, -0.05) is 146 Å². The first-order chi connectivity index (χ1) is 29.2. The van der Waals surface area contributed by atoms with E-state index in [-0.39, 0.29) is 5.56 Å². The number of aromatic nitrogens is 2. The lowest BCUT2D eigenvalue weighted by molar-refractivity contribution is 0.794. The fraction of sp³-hybridized carbons (Fsp3) is 0.0179. The number of benzene rings is 9. The Labute approximate surface area is 338 Å². The maximum absolute atomic E-state index is 13.9. The standard InChI is InChI=1S/C56H32N2O/c59-55-40-17-2-1-13-36(40)43-31-34(32-44-39-16-6-11-23-49(39)58(55)54(43)44)33-25-27-35(28-26-33)57-50-24-12-7-19-42(50)53-51(57)30-29-48-52(53)41-18-5-10-22-47(41)56(48)45-20-8-3-14-37(45)38-15-4-9-21-46(38)56/h1-32H. The fourth-order valence-electron chi connectivity index (χ4n) is 11.4. The minimum absolute atomic E-state index is 0.0322. The number of hydrogen-bond donors (Lipinski definition) is 0. The van der Waals surface area contributed by atoms with Crippen LogP contribution in [0.2, 0.25) is 0 Å². The van der Waals surface area contributed by atoms with Crippen LogP contribution in [0.15, 0.2) is 199 Å². The lowest BCUT2D eigenvalue weighted by atomic mass is 9.70. The maximum atomic E-state index is 13.9. The summed E-state index contributed by atoms with van der Waals surface area (Å²) < 4.78 is 4.36. The third kappa shape index (κ3) is 3.72. The van der Waals surface area contributed by atoms with Crippen LogP contribution in [0.3, 0.4) is 0 Å². The normalized spacial score (nSPS) is 13.6. The van der Waals surface area contributed by atoms with E-state index in [0.717, 1.165) is 54.8 Å². The number of nitrogens with zero attached hydrogens (tertiary/aromatic N) is 2. The van der Waals surface area contributed by atoms with Crippen molar-refractivity contribution in [2.75, 3.05) is 0 Å². The third-order valence-electron chi connectivity index (χ3n) is 13.7. The largest absolute Gasteiger partial charge is 0.309 e. The zero-order valence-electron chi connectivity index (χ0n) is 31.8. The number of hydrogen-bond acceptors (Lipinski definition) is 1. The molecule has 0 fully saturated rings. The molecule has 0 aliphatic heterocycles. The second-order valence-electron chi connectivity index (χ2n) is 16.3. The van der Waals surface area contributed by atoms with Crippen molar-refractivity contribution in [2.45, 2.75) is 5.41 Å². The van der Waals surface area contributed by atoms with Gasteiger partial charge in [0.05, 0.1) is 27.5 Å². The van der Waals surface area contributed by atoms with E-state index >= 15 is 0 Å². The molecule has 3 heterocycles. The number of para-hydroxylation sites is 2. The monoisotopic (exact) mass is 748 g/mol. The smallest absolute Gasteiger partial charge is 0.263 e. The first-order valence-corrected chi connectivity index (χ1v) is 20.4. The van der Waals surface area contributed by atoms with Crippen LogP contribution in [-0.4, -0.2) is 8.97 Å². The van der Waals surface area contributed by atoms with Gasteiger partial charge in [0.25, 0.3) is 5.56 Å². The van der Waals surface area contributed by atoms with Gasteiger partial charge in [-0.25, -0.2) is 0 Å². The van der Waals surface area contributed by atoms with Gasteiger partial charge in [-0.15, -0.1) is 0 Å². The van der Waals surface area contributed by atoms with Gasteiger partial charge >= 0.3 is 0 Å². The molecule has 0 amide bonds. The average Bonchev–Trinajstić information content (AvgIpc) is 4.01. The molecular weight excluding hydrogens is 717 g/mol. The van der Waals surface area contributed by atoms with Crippen molar-refractivity contribution < 1.29 is 0 Å². The molecule has 3 aromatic heterocycles. The van der Waals surface area contributed by atoms with Crippen LogP contribution in [0.4, 0.5) is 0 Å². The minimum atomic E-state index is -0.390. The lowest BCUT2D eigenvalue weighted by Gasteiger charge is -2.30. The molecule has 0 radical (unpaired) electrons. The Kier molecular flexibility index (Phi) is 5.85. The highest BCUT2D eigenvalue weighted by Crippen LogP contribution is 2.64. The molecule has 0 atom stereocenters. The molecular formula is C56H32N2O. The third-order valence-corrected chi connectivity index (χ3v) is 13.7. The molecule has 0 bridgehead atoms. The second-order valence-corrected chi connectivity index (χ2v) is 16.3. The molecule has 59 heavy (non-hydrogen) atoms. The van der Waals surface area contributed by atoms with Gasteiger partial charge < -0.3 is 4.57 Å². The molecule has 14 rings (SSSR count). The van der Waals surface area contributed by atoms with Crippen LogP contribution < -0.4 is 5.56 Å². The first kappa shape index (κ1) is 31.3. The molecule has 2 aliphatic rings. The number of pyridine rings is 1. The predicted molar refractivity (Wildman–Crippen MR) is 243 cm³/mol. The summed E-state index contributed by atoms with van der Waals surface area (Å²) in [6.07, 6.45) is 0. The quantitative estimate of drug-likeness (QED) is 0.162. The highest BCUT2D eigenvalue weighted by atomic mass is 16.1. The molecule has 3 nitrogen and oxygen atoms in total. The fourth-order valence-corrected chi connectivity index (χ4v) is 11.4. The van der Waals surface area contributed by atoms with Crippen molar-refractivity contribution in [2.24, 2.45) is 0 Å². The summed E-state index contributed by atoms with van der Waals surface area (Å²) in [5.41, 5.74) is 18.0. The molecule has 0 saturated carbocycles. The van der Waals surface area contributed by atoms with E-state index in [9.17, 15) is 4.79 Å². The van der Waals surface area contributed by atoms with E-state index in [0.29, 0.717) is 0 Å². The summed E-state index contributed by atoms with van der Waals surface area (Å²) in [6, 6.07) is 70.7. The highest BCUT2D eigenvalue weighted by Gasteiger charge is 2.52. The van der Waals surface area contributed by atoms with Crippen LogP contribution in [0.1, 0.15) is 22.3 Å². The topological polar surface area (TPSA) is 26.4 Å². The maximum Gasteiger partial charge on any atom is 0.263 e. The van der Waals surface area contributed by atoms with Crippen molar-refractivity contribution in [1.82, 2.24) is 8.97 Å². The van der Waals surface area contributed by atoms with Crippen LogP contribution in [0.5, 0.6) is 0 Å². The van der Waals surface area contributed by atoms with E-state index in [1.807, 2.05) is 28.7 Å². The molecule has 12 aromatic rings. The molecule has 9 aromatic carbocycles. The molecule has 272 valence electrons. The number of rotatable bonds is 2. The molecule has 0 N–H and O–H groups in total. The van der Waals surface area contributed by atoms with Crippen molar-refractivity contribution in [3.63, 3.8) is 0 Å². The van der Waals surface area contributed by atoms with E-state index in [2.05, 4.69) is 174 Å². The van der Waals surface area contributed by atoms with Crippen molar-refractivity contribution >= 4 is 59.8 Å². The average molecular weight is 749 g/mol. The van der Waals surface area contributed by atoms with E-state index in [1.165, 1.54) is 66.3 Å². The van der Waals surface area contributed by atoms with Gasteiger partial charge in [0, 0.05) is 38.0 Å². The Hall–Kier alpha value is -7.75. The summed E-state index contributed by atoms with van der Waals surface area (Å²) in [7, 11) is 0. The Morgan fingerprint density at radius 2 is 0.915 bits per heavy atom. The van der Waals surface area contributed by atoms with Gasteiger partial charge in [-0.05, 0) is 110 Å². The van der Waals surface area contributed by atoms with E-state index < -0.39 is 5.41 Å². The summed E-state index contributed by atoms with van der Waals surface area (Å²) in [6.45, 7) is 0. The van der Waals surface area contributed by atoms with Crippen molar-refractivity contribution in [3.05, 3.63) is 227 Å². The van der Waals surface area contributed by atoms with Gasteiger partial charge in [0.2, 0.25) is 0 Å². The molecule has 0 unspecified atom stereocenters. The van der Waals surface area contributed by atoms with Crippen LogP contribution in [-0.2, 0) is 5.41 Å². The zero-order chi connectivity index (χ0) is 38.6. The van der Waals surface area contributed by atoms with E-state index in [4.69, 9.17) is 0 Å². The Balaban J connectivity index is 0.999. The van der Waals surface area contributed by atoms with Gasteiger partial charge in [0.1, 0.15) is 0 Å². The Morgan fingerprint density at radius 3 is 1.63 bits per heavy atom. The Morgan fingerprint density at radius 1 is 0.373 bits per heavy atom. The Bertz CT molecular complexity index is 3820. The molecule has 1 spiro atoms. The SMILES string of the molecule is O=c1c2ccccc2c2cc(-c3ccc(-n4c5ccccc5c5c6c(ccc54)C4(c5ccccc5-c5ccccc54)c4ccccc4-6)cc3)cc3c4ccccc4n1c23. The van der Waals surface area contributed by atoms with E-state index in [1.54, 1.807) is 0 Å². The number of fused-ring (bicyclic) bond motifs is 19. The summed E-state index contributed by atoms with van der Waals surface area (Å²) >= 11 is 0. The molecule has 3 heteroatoms. The summed E-state index contributed by atoms with van der Waals surface area (Å²) in [5.74, 6) is 0. The minimum Gasteiger partial charge on any atom is -0.309 e. The van der Waals surface area contributed by atoms with Crippen molar-refractivity contribution in [3.8, 4) is 39.1 Å². The second kappa shape index (κ2) is 11.0. The molecule has 2 aliphatic carbocycles. The summed E-state index contributed by atoms with van der Waals surface area (Å²) in [4.78, 5) is 13.9. The lowest BCUT2D eigenvalue weighted by Crippen LogP contribution is -2.25. The van der Waals surface area contributed by atoms with Gasteiger partial charge in [-0.3, -0.25) is 9.20 Å². The van der Waals surface area contributed by atoms with Crippen LogP contribution >= 0.6 is 0 Å². The zero-order valence-corrected chi connectivity index (χ0v) is 31.8. The van der Waals surface area contributed by atoms with Crippen molar-refractivity contribution in [1.29, 1.82) is 0 Å². The predicted octanol–water partition coefficient (Wildman–Crippen LogP) is 13.3. The first-order valence-electron chi connectivity index (χ1n) is 20.4. The van der Waals surface area contributed by atoms with Crippen LogP contribution in [0, 0.1) is 0 Å². The van der Waals surface area contributed by atoms with Crippen LogP contribution in [0.25, 0.3) is 98.8 Å².